The summed E-state index contributed by atoms with van der Waals surface area (Å²) in [6, 6.07) is 8.80. The topological polar surface area (TPSA) is 12.5 Å². The van der Waals surface area contributed by atoms with Gasteiger partial charge in [-0.2, -0.15) is 0 Å². The molecular weight excluding hydrogens is 174 g/mol. The van der Waals surface area contributed by atoms with Gasteiger partial charge in [0.05, 0.1) is 17.8 Å². The minimum atomic E-state index is 0.351. The van der Waals surface area contributed by atoms with Crippen molar-refractivity contribution in [2.45, 2.75) is 25.0 Å². The van der Waals surface area contributed by atoms with E-state index >= 15 is 0 Å². The first-order chi connectivity index (χ1) is 6.88. The zero-order valence-corrected chi connectivity index (χ0v) is 8.02. The van der Waals surface area contributed by atoms with Gasteiger partial charge in [-0.15, -0.1) is 6.58 Å². The lowest BCUT2D eigenvalue weighted by atomic mass is 10.0. The summed E-state index contributed by atoms with van der Waals surface area (Å²) in [5.74, 6) is 0. The van der Waals surface area contributed by atoms with Gasteiger partial charge in [0.2, 0.25) is 0 Å². The highest BCUT2D eigenvalue weighted by Gasteiger charge is 2.37. The molecule has 0 spiro atoms. The highest BCUT2D eigenvalue weighted by Crippen LogP contribution is 2.37. The summed E-state index contributed by atoms with van der Waals surface area (Å²) in [6.45, 7) is 3.85. The molecule has 2 nitrogen and oxygen atoms in total. The third-order valence-corrected chi connectivity index (χ3v) is 3.02. The maximum atomic E-state index is 5.79. The van der Waals surface area contributed by atoms with Crippen LogP contribution in [0.5, 0.6) is 0 Å². The molecule has 2 aliphatic rings. The summed E-state index contributed by atoms with van der Waals surface area (Å²) in [5.41, 5.74) is 2.61. The van der Waals surface area contributed by atoms with Crippen LogP contribution < -0.4 is 5.06 Å². The number of hydrogen-bond donors (Lipinski definition) is 0. The fraction of sp³-hybridized carbons (Fsp3) is 0.333. The molecule has 3 rings (SSSR count). The molecule has 0 N–H and O–H groups in total. The number of nitrogens with zero attached hydrogens (tertiary/aromatic N) is 1. The average molecular weight is 187 g/mol. The molecule has 0 aliphatic carbocycles. The molecule has 0 unspecified atom stereocenters. The Hall–Kier alpha value is -1.28. The fourth-order valence-corrected chi connectivity index (χ4v) is 2.34. The molecule has 72 valence electrons. The van der Waals surface area contributed by atoms with Crippen LogP contribution in [-0.4, -0.2) is 12.1 Å². The van der Waals surface area contributed by atoms with Crippen molar-refractivity contribution in [2.75, 3.05) is 5.06 Å². The van der Waals surface area contributed by atoms with Gasteiger partial charge in [-0.3, -0.25) is 4.84 Å². The van der Waals surface area contributed by atoms with Gasteiger partial charge in [0, 0.05) is 12.8 Å². The summed E-state index contributed by atoms with van der Waals surface area (Å²) in [4.78, 5) is 5.79. The number of fused-ring (bicyclic) bond motifs is 4. The van der Waals surface area contributed by atoms with Crippen LogP contribution in [0.15, 0.2) is 36.9 Å². The number of hydrogen-bond acceptors (Lipinski definition) is 2. The maximum absolute atomic E-state index is 5.79. The van der Waals surface area contributed by atoms with Gasteiger partial charge in [0.15, 0.2) is 0 Å². The van der Waals surface area contributed by atoms with Gasteiger partial charge in [-0.25, -0.2) is 5.06 Å². The lowest BCUT2D eigenvalue weighted by Gasteiger charge is -2.28. The van der Waals surface area contributed by atoms with Crippen LogP contribution in [0, 0.1) is 0 Å². The molecule has 2 heteroatoms. The Labute approximate surface area is 83.7 Å². The van der Waals surface area contributed by atoms with Crippen molar-refractivity contribution in [2.24, 2.45) is 0 Å². The van der Waals surface area contributed by atoms with E-state index in [1.54, 1.807) is 0 Å². The predicted octanol–water partition coefficient (Wildman–Crippen LogP) is 2.31. The smallest absolute Gasteiger partial charge is 0.0921 e. The number of anilines is 1. The van der Waals surface area contributed by atoms with Gasteiger partial charge < -0.3 is 0 Å². The molecule has 1 saturated heterocycles. The third kappa shape index (κ3) is 1.01. The van der Waals surface area contributed by atoms with Gasteiger partial charge in [0.25, 0.3) is 0 Å². The normalized spacial score (nSPS) is 28.7. The van der Waals surface area contributed by atoms with Crippen LogP contribution in [0.2, 0.25) is 0 Å². The van der Waals surface area contributed by atoms with E-state index in [4.69, 9.17) is 4.84 Å². The van der Waals surface area contributed by atoms with Crippen LogP contribution in [-0.2, 0) is 11.3 Å². The van der Waals surface area contributed by atoms with E-state index in [9.17, 15) is 0 Å². The molecule has 0 radical (unpaired) electrons. The Morgan fingerprint density at radius 2 is 2.29 bits per heavy atom. The molecular formula is C12H13NO. The first-order valence-corrected chi connectivity index (χ1v) is 5.05. The Morgan fingerprint density at radius 1 is 1.43 bits per heavy atom. The van der Waals surface area contributed by atoms with E-state index < -0.39 is 0 Å². The van der Waals surface area contributed by atoms with E-state index in [1.165, 1.54) is 11.3 Å². The molecule has 1 fully saturated rings. The van der Waals surface area contributed by atoms with Gasteiger partial charge in [0.1, 0.15) is 0 Å². The van der Waals surface area contributed by atoms with Gasteiger partial charge >= 0.3 is 0 Å². The molecule has 2 aliphatic heterocycles. The van der Waals surface area contributed by atoms with Crippen LogP contribution in [0.3, 0.4) is 0 Å². The summed E-state index contributed by atoms with van der Waals surface area (Å²) in [5, 5.41) is 2.01. The van der Waals surface area contributed by atoms with Crippen molar-refractivity contribution >= 4 is 5.69 Å². The van der Waals surface area contributed by atoms with E-state index in [-0.39, 0.29) is 0 Å². The predicted molar refractivity (Wildman–Crippen MR) is 56.1 cm³/mol. The van der Waals surface area contributed by atoms with Crippen molar-refractivity contribution in [3.05, 3.63) is 42.5 Å². The number of rotatable bonds is 1. The molecule has 0 saturated carbocycles. The first kappa shape index (κ1) is 8.06. The zero-order chi connectivity index (χ0) is 9.54. The molecule has 1 aromatic rings. The minimum absolute atomic E-state index is 0.351. The summed E-state index contributed by atoms with van der Waals surface area (Å²) in [7, 11) is 0. The molecule has 0 amide bonds. The molecule has 1 aromatic carbocycles. The molecule has 2 heterocycles. The van der Waals surface area contributed by atoms with Crippen molar-refractivity contribution < 1.29 is 4.84 Å². The van der Waals surface area contributed by atoms with Gasteiger partial charge in [-0.1, -0.05) is 24.3 Å². The van der Waals surface area contributed by atoms with Crippen molar-refractivity contribution in [1.29, 1.82) is 0 Å². The second kappa shape index (κ2) is 2.85. The highest BCUT2D eigenvalue weighted by atomic mass is 16.7. The quantitative estimate of drug-likeness (QED) is 0.625. The summed E-state index contributed by atoms with van der Waals surface area (Å²) >= 11 is 0. The second-order valence-corrected chi connectivity index (χ2v) is 3.92. The zero-order valence-electron chi connectivity index (χ0n) is 8.02. The Bertz CT molecular complexity index is 374. The van der Waals surface area contributed by atoms with Crippen molar-refractivity contribution in [3.63, 3.8) is 0 Å². The Morgan fingerprint density at radius 3 is 3.14 bits per heavy atom. The highest BCUT2D eigenvalue weighted by molar-refractivity contribution is 5.56. The monoisotopic (exact) mass is 187 g/mol. The average Bonchev–Trinajstić information content (AvgIpc) is 2.56. The van der Waals surface area contributed by atoms with Crippen LogP contribution in [0.25, 0.3) is 0 Å². The van der Waals surface area contributed by atoms with Crippen molar-refractivity contribution in [3.8, 4) is 0 Å². The largest absolute Gasteiger partial charge is 0.269 e. The van der Waals surface area contributed by atoms with Crippen LogP contribution >= 0.6 is 0 Å². The van der Waals surface area contributed by atoms with Crippen LogP contribution in [0.4, 0.5) is 5.69 Å². The first-order valence-electron chi connectivity index (χ1n) is 5.05. The third-order valence-electron chi connectivity index (χ3n) is 3.02. The maximum Gasteiger partial charge on any atom is 0.0921 e. The lowest BCUT2D eigenvalue weighted by molar-refractivity contribution is 0.0752. The van der Waals surface area contributed by atoms with E-state index in [0.29, 0.717) is 12.1 Å². The molecule has 14 heavy (non-hydrogen) atoms. The SMILES string of the molecule is C=C[C@@H]1C[C@H]2Cc3ccccc3N1O2. The van der Waals surface area contributed by atoms with E-state index in [1.807, 2.05) is 11.1 Å². The van der Waals surface area contributed by atoms with E-state index in [0.717, 1.165) is 12.8 Å². The molecule has 2 atom stereocenters. The lowest BCUT2D eigenvalue weighted by Crippen LogP contribution is -2.29. The molecule has 0 aromatic heterocycles. The fourth-order valence-electron chi connectivity index (χ4n) is 2.34. The van der Waals surface area contributed by atoms with Gasteiger partial charge in [-0.05, 0) is 11.6 Å². The Balaban J connectivity index is 2.08. The number of benzene rings is 1. The number of hydroxylamine groups is 1. The minimum Gasteiger partial charge on any atom is -0.269 e. The second-order valence-electron chi connectivity index (χ2n) is 3.92. The van der Waals surface area contributed by atoms with Crippen molar-refractivity contribution in [1.82, 2.24) is 0 Å². The molecule has 2 bridgehead atoms. The summed E-state index contributed by atoms with van der Waals surface area (Å²) < 4.78 is 0. The van der Waals surface area contributed by atoms with E-state index in [2.05, 4.69) is 30.8 Å². The number of para-hydroxylation sites is 1. The van der Waals surface area contributed by atoms with Crippen LogP contribution in [0.1, 0.15) is 12.0 Å². The summed E-state index contributed by atoms with van der Waals surface area (Å²) in [6.07, 6.45) is 4.44. The standard InChI is InChI=1S/C12H13NO/c1-2-10-8-11-7-9-5-3-4-6-12(9)13(10)14-11/h2-6,10-11H,1,7-8H2/t10-,11-/m1/s1. The Kier molecular flexibility index (Phi) is 1.64.